The van der Waals surface area contributed by atoms with E-state index in [0.717, 1.165) is 28.8 Å². The number of anilines is 1. The Morgan fingerprint density at radius 2 is 1.92 bits per heavy atom. The molecule has 0 aliphatic rings. The molecule has 0 atom stereocenters. The number of amides is 1. The SMILES string of the molecule is Cc1ccc(/C=N/OC(=O)Nc2cccc(C(F)(F)F)c2)c(C)c1. The topological polar surface area (TPSA) is 50.7 Å². The molecule has 0 spiro atoms. The van der Waals surface area contributed by atoms with Crippen molar-refractivity contribution in [3.63, 3.8) is 0 Å². The largest absolute Gasteiger partial charge is 0.437 e. The van der Waals surface area contributed by atoms with Crippen molar-refractivity contribution < 1.29 is 22.8 Å². The molecule has 0 bridgehead atoms. The molecule has 0 saturated heterocycles. The van der Waals surface area contributed by atoms with E-state index in [2.05, 4.69) is 15.3 Å². The fourth-order valence-electron chi connectivity index (χ4n) is 2.02. The smallest absolute Gasteiger partial charge is 0.298 e. The molecule has 0 aliphatic carbocycles. The van der Waals surface area contributed by atoms with Crippen LogP contribution in [-0.2, 0) is 11.0 Å². The van der Waals surface area contributed by atoms with E-state index in [9.17, 15) is 18.0 Å². The maximum atomic E-state index is 12.6. The van der Waals surface area contributed by atoms with Crippen LogP contribution in [0, 0.1) is 13.8 Å². The Morgan fingerprint density at radius 1 is 1.17 bits per heavy atom. The van der Waals surface area contributed by atoms with Crippen molar-refractivity contribution in [3.8, 4) is 0 Å². The Bertz CT molecular complexity index is 771. The number of alkyl halides is 3. The minimum absolute atomic E-state index is 0.0310. The predicted molar refractivity (Wildman–Crippen MR) is 85.1 cm³/mol. The number of oxime groups is 1. The Morgan fingerprint density at radius 3 is 2.58 bits per heavy atom. The number of nitrogens with one attached hydrogen (secondary N) is 1. The molecule has 2 aromatic rings. The molecule has 7 heteroatoms. The third-order valence-corrected chi connectivity index (χ3v) is 3.19. The van der Waals surface area contributed by atoms with E-state index >= 15 is 0 Å². The minimum Gasteiger partial charge on any atom is -0.298 e. The molecule has 4 nitrogen and oxygen atoms in total. The third-order valence-electron chi connectivity index (χ3n) is 3.19. The fraction of sp³-hybridized carbons (Fsp3) is 0.176. The monoisotopic (exact) mass is 336 g/mol. The summed E-state index contributed by atoms with van der Waals surface area (Å²) in [4.78, 5) is 16.2. The molecule has 0 unspecified atom stereocenters. The van der Waals surface area contributed by atoms with E-state index in [1.807, 2.05) is 32.0 Å². The average Bonchev–Trinajstić information content (AvgIpc) is 2.49. The number of aryl methyl sites for hydroxylation is 2. The van der Waals surface area contributed by atoms with E-state index in [1.165, 1.54) is 18.3 Å². The summed E-state index contributed by atoms with van der Waals surface area (Å²) in [5.41, 5.74) is 1.93. The summed E-state index contributed by atoms with van der Waals surface area (Å²) < 4.78 is 37.8. The molecule has 0 radical (unpaired) electrons. The zero-order valence-corrected chi connectivity index (χ0v) is 13.0. The highest BCUT2D eigenvalue weighted by Crippen LogP contribution is 2.30. The normalized spacial score (nSPS) is 11.5. The summed E-state index contributed by atoms with van der Waals surface area (Å²) in [6, 6.07) is 9.90. The molecule has 2 rings (SSSR count). The summed E-state index contributed by atoms with van der Waals surface area (Å²) in [7, 11) is 0. The average molecular weight is 336 g/mol. The van der Waals surface area contributed by atoms with E-state index in [-0.39, 0.29) is 5.69 Å². The van der Waals surface area contributed by atoms with Gasteiger partial charge >= 0.3 is 12.3 Å². The molecule has 0 heterocycles. The van der Waals surface area contributed by atoms with Crippen LogP contribution in [0.3, 0.4) is 0 Å². The lowest BCUT2D eigenvalue weighted by Crippen LogP contribution is -2.12. The van der Waals surface area contributed by atoms with Gasteiger partial charge in [-0.15, -0.1) is 0 Å². The summed E-state index contributed by atoms with van der Waals surface area (Å²) in [6.45, 7) is 3.84. The first-order chi connectivity index (χ1) is 11.3. The van der Waals surface area contributed by atoms with Gasteiger partial charge in [-0.1, -0.05) is 35.0 Å². The van der Waals surface area contributed by atoms with Crippen LogP contribution in [0.5, 0.6) is 0 Å². The lowest BCUT2D eigenvalue weighted by Gasteiger charge is -2.08. The van der Waals surface area contributed by atoms with Crippen molar-refractivity contribution in [1.29, 1.82) is 0 Å². The second-order valence-electron chi connectivity index (χ2n) is 5.18. The molecule has 126 valence electrons. The number of carbonyl (C=O) groups is 1. The van der Waals surface area contributed by atoms with E-state index in [4.69, 9.17) is 0 Å². The second kappa shape index (κ2) is 7.16. The van der Waals surface area contributed by atoms with Gasteiger partial charge in [-0.3, -0.25) is 10.2 Å². The molecule has 0 aliphatic heterocycles. The Labute approximate surface area is 136 Å². The molecule has 0 aromatic heterocycles. The van der Waals surface area contributed by atoms with Crippen LogP contribution in [0.15, 0.2) is 47.6 Å². The van der Waals surface area contributed by atoms with E-state index in [0.29, 0.717) is 0 Å². The molecule has 1 amide bonds. The van der Waals surface area contributed by atoms with Crippen LogP contribution in [0.25, 0.3) is 0 Å². The number of hydrogen-bond acceptors (Lipinski definition) is 3. The number of carbonyl (C=O) groups excluding carboxylic acids is 1. The van der Waals surface area contributed by atoms with Gasteiger partial charge < -0.3 is 0 Å². The molecular weight excluding hydrogens is 321 g/mol. The molecule has 1 N–H and O–H groups in total. The standard InChI is InChI=1S/C17H15F3N2O2/c1-11-6-7-13(12(2)8-11)10-21-24-16(23)22-15-5-3-4-14(9-15)17(18,19)20/h3-10H,1-2H3,(H,22,23)/b21-10+. The van der Waals surface area contributed by atoms with Gasteiger partial charge in [0.1, 0.15) is 0 Å². The van der Waals surface area contributed by atoms with Crippen molar-refractivity contribution in [2.75, 3.05) is 5.32 Å². The van der Waals surface area contributed by atoms with Crippen molar-refractivity contribution in [2.24, 2.45) is 5.16 Å². The summed E-state index contributed by atoms with van der Waals surface area (Å²) >= 11 is 0. The Hall–Kier alpha value is -2.83. The quantitative estimate of drug-likeness (QED) is 0.492. The second-order valence-corrected chi connectivity index (χ2v) is 5.18. The van der Waals surface area contributed by atoms with Crippen molar-refractivity contribution in [2.45, 2.75) is 20.0 Å². The Balaban J connectivity index is 1.97. The van der Waals surface area contributed by atoms with Gasteiger partial charge in [0, 0.05) is 5.69 Å². The van der Waals surface area contributed by atoms with Crippen molar-refractivity contribution in [1.82, 2.24) is 0 Å². The van der Waals surface area contributed by atoms with Gasteiger partial charge in [0.25, 0.3) is 0 Å². The van der Waals surface area contributed by atoms with Gasteiger partial charge in [0.15, 0.2) is 0 Å². The van der Waals surface area contributed by atoms with Crippen molar-refractivity contribution >= 4 is 18.0 Å². The highest BCUT2D eigenvalue weighted by atomic mass is 19.4. The molecular formula is C17H15F3N2O2. The summed E-state index contributed by atoms with van der Waals surface area (Å²) in [5.74, 6) is 0. The third kappa shape index (κ3) is 4.84. The number of hydrogen-bond donors (Lipinski definition) is 1. The van der Waals surface area contributed by atoms with Gasteiger partial charge in [-0.2, -0.15) is 13.2 Å². The van der Waals surface area contributed by atoms with E-state index < -0.39 is 17.8 Å². The molecule has 2 aromatic carbocycles. The fourth-order valence-corrected chi connectivity index (χ4v) is 2.02. The van der Waals surface area contributed by atoms with Crippen LogP contribution in [-0.4, -0.2) is 12.3 Å². The summed E-state index contributed by atoms with van der Waals surface area (Å²) in [5, 5.41) is 5.73. The molecule has 0 saturated carbocycles. The molecule has 0 fully saturated rings. The lowest BCUT2D eigenvalue weighted by atomic mass is 10.1. The maximum Gasteiger partial charge on any atom is 0.437 e. The predicted octanol–water partition coefficient (Wildman–Crippen LogP) is 4.90. The molecule has 24 heavy (non-hydrogen) atoms. The van der Waals surface area contributed by atoms with Crippen LogP contribution in [0.1, 0.15) is 22.3 Å². The van der Waals surface area contributed by atoms with Gasteiger partial charge in [0.05, 0.1) is 11.8 Å². The van der Waals surface area contributed by atoms with Crippen LogP contribution in [0.4, 0.5) is 23.7 Å². The zero-order chi connectivity index (χ0) is 17.7. The van der Waals surface area contributed by atoms with Gasteiger partial charge in [-0.25, -0.2) is 4.79 Å². The highest BCUT2D eigenvalue weighted by molar-refractivity contribution is 5.86. The Kier molecular flexibility index (Phi) is 5.23. The van der Waals surface area contributed by atoms with Crippen LogP contribution >= 0.6 is 0 Å². The van der Waals surface area contributed by atoms with Crippen LogP contribution in [0.2, 0.25) is 0 Å². The lowest BCUT2D eigenvalue weighted by molar-refractivity contribution is -0.137. The zero-order valence-electron chi connectivity index (χ0n) is 13.0. The first-order valence-electron chi connectivity index (χ1n) is 7.01. The number of rotatable bonds is 3. The number of nitrogens with zero attached hydrogens (tertiary/aromatic N) is 1. The number of halogens is 3. The van der Waals surface area contributed by atoms with Crippen LogP contribution < -0.4 is 5.32 Å². The van der Waals surface area contributed by atoms with Crippen molar-refractivity contribution in [3.05, 3.63) is 64.7 Å². The van der Waals surface area contributed by atoms with Gasteiger partial charge in [0.2, 0.25) is 0 Å². The van der Waals surface area contributed by atoms with E-state index in [1.54, 1.807) is 0 Å². The maximum absolute atomic E-state index is 12.6. The first-order valence-corrected chi connectivity index (χ1v) is 7.01. The minimum atomic E-state index is -4.48. The summed E-state index contributed by atoms with van der Waals surface area (Å²) in [6.07, 6.45) is -4.10. The first kappa shape index (κ1) is 17.5. The number of benzene rings is 2. The van der Waals surface area contributed by atoms with Gasteiger partial charge in [-0.05, 0) is 43.2 Å². The highest BCUT2D eigenvalue weighted by Gasteiger charge is 2.30.